The van der Waals surface area contributed by atoms with E-state index in [-0.39, 0.29) is 0 Å². The van der Waals surface area contributed by atoms with Gasteiger partial charge in [0.2, 0.25) is 5.60 Å². The second kappa shape index (κ2) is 15.0. The number of alkyl halides is 3. The Balaban J connectivity index is 1.86. The van der Waals surface area contributed by atoms with Crippen molar-refractivity contribution in [2.45, 2.75) is 58.2 Å². The van der Waals surface area contributed by atoms with Crippen molar-refractivity contribution in [3.8, 4) is 24.0 Å². The van der Waals surface area contributed by atoms with E-state index in [0.29, 0.717) is 5.56 Å². The van der Waals surface area contributed by atoms with Gasteiger partial charge in [0.1, 0.15) is 29.5 Å². The first-order valence-electron chi connectivity index (χ1n) is 14.4. The molecule has 1 aliphatic heterocycles. The molecule has 9 heteroatoms. The number of halogens is 3. The maximum atomic E-state index is 14.1. The predicted molar refractivity (Wildman–Crippen MR) is 166 cm³/mol. The highest BCUT2D eigenvalue weighted by Crippen LogP contribution is 2.49. The Bertz CT molecular complexity index is 1560. The second-order valence-corrected chi connectivity index (χ2v) is 10.4. The van der Waals surface area contributed by atoms with E-state index in [1.165, 1.54) is 18.2 Å². The summed E-state index contributed by atoms with van der Waals surface area (Å²) in [5, 5.41) is 28.0. The van der Waals surface area contributed by atoms with Gasteiger partial charge >= 0.3 is 6.18 Å². The summed E-state index contributed by atoms with van der Waals surface area (Å²) in [7, 11) is 1.65. The van der Waals surface area contributed by atoms with E-state index in [1.807, 2.05) is 30.4 Å². The van der Waals surface area contributed by atoms with E-state index in [9.17, 15) is 29.0 Å². The van der Waals surface area contributed by atoms with Gasteiger partial charge in [0.15, 0.2) is 11.3 Å². The van der Waals surface area contributed by atoms with Crippen LogP contribution < -0.4 is 9.64 Å². The van der Waals surface area contributed by atoms with Crippen LogP contribution in [0, 0.1) is 34.0 Å². The number of hydrogen-bond acceptors (Lipinski definition) is 6. The first kappa shape index (κ1) is 33.6. The molecule has 0 aliphatic carbocycles. The van der Waals surface area contributed by atoms with Crippen molar-refractivity contribution in [2.24, 2.45) is 0 Å². The lowest BCUT2D eigenvalue weighted by molar-refractivity contribution is -0.236. The average Bonchev–Trinajstić information content (AvgIpc) is 3.32. The summed E-state index contributed by atoms with van der Waals surface area (Å²) in [5.74, 6) is 0.0873. The number of rotatable bonds is 12. The van der Waals surface area contributed by atoms with Crippen LogP contribution in [0.4, 0.5) is 18.9 Å². The van der Waals surface area contributed by atoms with E-state index in [2.05, 4.69) is 30.9 Å². The number of benzene rings is 2. The molecule has 1 unspecified atom stereocenters. The van der Waals surface area contributed by atoms with Gasteiger partial charge in [0.25, 0.3) is 0 Å². The minimum atomic E-state index is -4.91. The molecule has 1 heterocycles. The highest BCUT2D eigenvalue weighted by atomic mass is 19.4. The third-order valence-electron chi connectivity index (χ3n) is 7.40. The van der Waals surface area contributed by atoms with E-state index >= 15 is 0 Å². The van der Waals surface area contributed by atoms with E-state index in [0.717, 1.165) is 74.3 Å². The number of anilines is 1. The molecule has 1 aliphatic rings. The summed E-state index contributed by atoms with van der Waals surface area (Å²) >= 11 is 0. The number of hydrogen-bond donors (Lipinski definition) is 0. The molecule has 2 aromatic carbocycles. The van der Waals surface area contributed by atoms with Gasteiger partial charge in [-0.1, -0.05) is 75.3 Å². The van der Waals surface area contributed by atoms with Crippen molar-refractivity contribution in [3.05, 3.63) is 87.7 Å². The molecule has 44 heavy (non-hydrogen) atoms. The van der Waals surface area contributed by atoms with Crippen molar-refractivity contribution < 1.29 is 22.6 Å². The zero-order valence-electron chi connectivity index (χ0n) is 25.3. The van der Waals surface area contributed by atoms with Crippen LogP contribution in [-0.4, -0.2) is 32.0 Å². The van der Waals surface area contributed by atoms with Crippen LogP contribution in [0.25, 0.3) is 18.2 Å². The quantitative estimate of drug-likeness (QED) is 0.179. The number of methoxy groups -OCH3 is 1. The van der Waals surface area contributed by atoms with Gasteiger partial charge in [0.05, 0.1) is 7.11 Å². The van der Waals surface area contributed by atoms with Crippen molar-refractivity contribution in [2.75, 3.05) is 25.1 Å². The standard InChI is InChI=1S/C35H35F3N4O2/c1-5-7-19-42(20-8-6-2)29-17-16-27(32(21-29)43-4)15-13-25-9-11-26(12-10-25)14-18-31-30(24-41)33(28(22-39)23-40)44-34(31,3)35(36,37)38/h9-18,21H,5-8,19-20H2,1-4H3. The minimum absolute atomic E-state index is 0.479. The molecule has 0 bridgehead atoms. The molecule has 0 aromatic heterocycles. The van der Waals surface area contributed by atoms with Crippen LogP contribution in [0.15, 0.2) is 71.0 Å². The van der Waals surface area contributed by atoms with Crippen LogP contribution in [-0.2, 0) is 4.74 Å². The molecule has 1 atom stereocenters. The monoisotopic (exact) mass is 600 g/mol. The molecular formula is C35H35F3N4O2. The SMILES string of the molecule is CCCCN(CCCC)c1ccc(C=Cc2ccc(C=CC3=C(C#N)C(=C(C#N)C#N)OC3(C)C(F)(F)F)cc2)c(OC)c1. The Morgan fingerprint density at radius 3 is 1.95 bits per heavy atom. The van der Waals surface area contributed by atoms with E-state index < -0.39 is 34.3 Å². The lowest BCUT2D eigenvalue weighted by atomic mass is 9.91. The van der Waals surface area contributed by atoms with E-state index in [1.54, 1.807) is 25.3 Å². The van der Waals surface area contributed by atoms with Gasteiger partial charge in [-0.2, -0.15) is 29.0 Å². The van der Waals surface area contributed by atoms with Crippen LogP contribution >= 0.6 is 0 Å². The van der Waals surface area contributed by atoms with Crippen molar-refractivity contribution >= 4 is 23.9 Å². The lowest BCUT2D eigenvalue weighted by Gasteiger charge is -2.28. The fourth-order valence-corrected chi connectivity index (χ4v) is 4.72. The zero-order valence-corrected chi connectivity index (χ0v) is 25.3. The summed E-state index contributed by atoms with van der Waals surface area (Å²) in [6, 6.07) is 18.0. The Kier molecular flexibility index (Phi) is 11.4. The summed E-state index contributed by atoms with van der Waals surface area (Å²) < 4.78 is 52.9. The molecule has 0 radical (unpaired) electrons. The minimum Gasteiger partial charge on any atom is -0.496 e. The molecule has 0 N–H and O–H groups in total. The molecule has 228 valence electrons. The highest BCUT2D eigenvalue weighted by molar-refractivity contribution is 5.75. The predicted octanol–water partition coefficient (Wildman–Crippen LogP) is 8.76. The largest absolute Gasteiger partial charge is 0.496 e. The van der Waals surface area contributed by atoms with Crippen molar-refractivity contribution in [1.29, 1.82) is 15.8 Å². The molecule has 0 saturated heterocycles. The molecular weight excluding hydrogens is 565 g/mol. The van der Waals surface area contributed by atoms with E-state index in [4.69, 9.17) is 9.47 Å². The molecule has 0 spiro atoms. The number of ether oxygens (including phenoxy) is 2. The topological polar surface area (TPSA) is 93.1 Å². The molecule has 0 saturated carbocycles. The molecule has 3 rings (SSSR count). The smallest absolute Gasteiger partial charge is 0.432 e. The molecule has 6 nitrogen and oxygen atoms in total. The first-order valence-corrected chi connectivity index (χ1v) is 14.4. The van der Waals surface area contributed by atoms with Crippen LogP contribution in [0.2, 0.25) is 0 Å². The fraction of sp³-hybridized carbons (Fsp3) is 0.343. The van der Waals surface area contributed by atoms with Crippen molar-refractivity contribution in [3.63, 3.8) is 0 Å². The van der Waals surface area contributed by atoms with Gasteiger partial charge in [0, 0.05) is 36.0 Å². The Hall–Kier alpha value is -4.94. The third kappa shape index (κ3) is 7.52. The summed E-state index contributed by atoms with van der Waals surface area (Å²) in [4.78, 5) is 2.39. The van der Waals surface area contributed by atoms with Gasteiger partial charge in [-0.05, 0) is 43.0 Å². The fourth-order valence-electron chi connectivity index (χ4n) is 4.72. The van der Waals surface area contributed by atoms with Gasteiger partial charge in [-0.3, -0.25) is 0 Å². The van der Waals surface area contributed by atoms with Gasteiger partial charge in [-0.15, -0.1) is 0 Å². The maximum Gasteiger partial charge on any atom is 0.432 e. The molecule has 2 aromatic rings. The first-order chi connectivity index (χ1) is 21.1. The number of allylic oxidation sites excluding steroid dienone is 2. The Morgan fingerprint density at radius 1 is 0.909 bits per heavy atom. The van der Waals surface area contributed by atoms with Crippen LogP contribution in [0.1, 0.15) is 63.1 Å². The summed E-state index contributed by atoms with van der Waals surface area (Å²) in [6.07, 6.45) is 6.01. The normalized spacial score (nSPS) is 16.5. The third-order valence-corrected chi connectivity index (χ3v) is 7.40. The number of nitriles is 3. The van der Waals surface area contributed by atoms with Crippen LogP contribution in [0.5, 0.6) is 5.75 Å². The second-order valence-electron chi connectivity index (χ2n) is 10.4. The van der Waals surface area contributed by atoms with Crippen molar-refractivity contribution in [1.82, 2.24) is 0 Å². The molecule has 0 amide bonds. The summed E-state index contributed by atoms with van der Waals surface area (Å²) in [6.45, 7) is 7.12. The number of unbranched alkanes of at least 4 members (excludes halogenated alkanes) is 2. The van der Waals surface area contributed by atoms with Crippen LogP contribution in [0.3, 0.4) is 0 Å². The number of nitrogens with zero attached hydrogens (tertiary/aromatic N) is 4. The summed E-state index contributed by atoms with van der Waals surface area (Å²) in [5.41, 5.74) is -1.11. The Labute approximate surface area is 257 Å². The highest BCUT2D eigenvalue weighted by Gasteiger charge is 2.60. The molecule has 0 fully saturated rings. The van der Waals surface area contributed by atoms with Gasteiger partial charge in [-0.25, -0.2) is 0 Å². The zero-order chi connectivity index (χ0) is 32.3. The average molecular weight is 601 g/mol. The Morgan fingerprint density at radius 2 is 1.48 bits per heavy atom. The lowest BCUT2D eigenvalue weighted by Crippen LogP contribution is -2.43. The maximum absolute atomic E-state index is 14.1. The van der Waals surface area contributed by atoms with Gasteiger partial charge < -0.3 is 14.4 Å².